The average molecular weight is 549 g/mol. The molecule has 2 aliphatic carbocycles. The van der Waals surface area contributed by atoms with Crippen molar-refractivity contribution in [2.24, 2.45) is 5.92 Å². The number of hydrogen-bond acceptors (Lipinski definition) is 2. The van der Waals surface area contributed by atoms with Crippen LogP contribution in [0.15, 0.2) is 145 Å². The normalized spacial score (nSPS) is 17.9. The molecular formula is C40H40N2. The van der Waals surface area contributed by atoms with E-state index < -0.39 is 0 Å². The van der Waals surface area contributed by atoms with E-state index in [1.165, 1.54) is 56.4 Å². The minimum Gasteiger partial charge on any atom is -0.315 e. The molecule has 4 aromatic carbocycles. The maximum absolute atomic E-state index is 2.44. The summed E-state index contributed by atoms with van der Waals surface area (Å²) in [5.74, 6) is 0.894. The maximum atomic E-state index is 2.44. The van der Waals surface area contributed by atoms with E-state index >= 15 is 0 Å². The van der Waals surface area contributed by atoms with E-state index in [1.807, 2.05) is 0 Å². The van der Waals surface area contributed by atoms with Gasteiger partial charge in [0.05, 0.1) is 0 Å². The Balaban J connectivity index is 1.25. The average Bonchev–Trinajstić information content (AvgIpc) is 3.00. The maximum Gasteiger partial charge on any atom is 0.0464 e. The first-order chi connectivity index (χ1) is 20.4. The molecule has 0 aromatic heterocycles. The van der Waals surface area contributed by atoms with Gasteiger partial charge in [0.2, 0.25) is 0 Å². The number of allylic oxidation sites excluding steroid dienone is 7. The standard InChI is InChI=1S/C40H40N2/c1-29-11-19-35(20-12-29)41(39-9-5-7-31(3)27-39)37-23-15-33(16-24-37)34-17-25-38(26-18-34)42(36-21-13-30(2)14-22-36)40-10-6-8-32(4)28-40/h5-17,19-27,32,34H,18,28H2,1-4H3. The van der Waals surface area contributed by atoms with Crippen LogP contribution in [0.25, 0.3) is 0 Å². The molecular weight excluding hydrogens is 508 g/mol. The number of benzene rings is 4. The van der Waals surface area contributed by atoms with Gasteiger partial charge in [-0.2, -0.15) is 0 Å². The quantitative estimate of drug-likeness (QED) is 0.227. The first-order valence-electron chi connectivity index (χ1n) is 15.1. The zero-order chi connectivity index (χ0) is 29.1. The van der Waals surface area contributed by atoms with Crippen molar-refractivity contribution < 1.29 is 0 Å². The molecule has 0 spiro atoms. The van der Waals surface area contributed by atoms with Crippen LogP contribution in [0, 0.1) is 26.7 Å². The number of rotatable bonds is 7. The Morgan fingerprint density at radius 1 is 0.619 bits per heavy atom. The zero-order valence-corrected chi connectivity index (χ0v) is 25.2. The van der Waals surface area contributed by atoms with Crippen LogP contribution in [0.2, 0.25) is 0 Å². The molecule has 6 rings (SSSR count). The van der Waals surface area contributed by atoms with E-state index in [0.29, 0.717) is 11.8 Å². The largest absolute Gasteiger partial charge is 0.315 e. The summed E-state index contributed by atoms with van der Waals surface area (Å²) < 4.78 is 0. The zero-order valence-electron chi connectivity index (χ0n) is 25.2. The lowest BCUT2D eigenvalue weighted by atomic mass is 9.90. The Labute approximate surface area is 251 Å². The third kappa shape index (κ3) is 6.04. The number of nitrogens with zero attached hydrogens (tertiary/aromatic N) is 2. The van der Waals surface area contributed by atoms with E-state index in [2.05, 4.69) is 171 Å². The van der Waals surface area contributed by atoms with Gasteiger partial charge in [0, 0.05) is 40.1 Å². The van der Waals surface area contributed by atoms with Gasteiger partial charge in [-0.05, 0) is 111 Å². The second kappa shape index (κ2) is 12.1. The third-order valence-corrected chi connectivity index (χ3v) is 8.31. The summed E-state index contributed by atoms with van der Waals surface area (Å²) in [6.45, 7) is 8.73. The van der Waals surface area contributed by atoms with Crippen LogP contribution >= 0.6 is 0 Å². The molecule has 210 valence electrons. The van der Waals surface area contributed by atoms with Crippen molar-refractivity contribution in [3.63, 3.8) is 0 Å². The Morgan fingerprint density at radius 2 is 1.24 bits per heavy atom. The fourth-order valence-electron chi connectivity index (χ4n) is 5.96. The van der Waals surface area contributed by atoms with Crippen LogP contribution in [0.1, 0.15) is 47.9 Å². The Morgan fingerprint density at radius 3 is 1.81 bits per heavy atom. The highest BCUT2D eigenvalue weighted by molar-refractivity contribution is 5.77. The molecule has 0 saturated heterocycles. The topological polar surface area (TPSA) is 6.48 Å². The lowest BCUT2D eigenvalue weighted by Gasteiger charge is -2.33. The van der Waals surface area contributed by atoms with Crippen molar-refractivity contribution in [1.82, 2.24) is 0 Å². The molecule has 2 atom stereocenters. The molecule has 0 fully saturated rings. The monoisotopic (exact) mass is 548 g/mol. The molecule has 0 N–H and O–H groups in total. The highest BCUT2D eigenvalue weighted by atomic mass is 15.2. The van der Waals surface area contributed by atoms with Gasteiger partial charge in [-0.25, -0.2) is 0 Å². The Kier molecular flexibility index (Phi) is 7.97. The van der Waals surface area contributed by atoms with E-state index in [4.69, 9.17) is 0 Å². The third-order valence-electron chi connectivity index (χ3n) is 8.31. The lowest BCUT2D eigenvalue weighted by molar-refractivity contribution is 0.690. The second-order valence-electron chi connectivity index (χ2n) is 11.8. The summed E-state index contributed by atoms with van der Waals surface area (Å²) in [6, 6.07) is 35.5. The summed E-state index contributed by atoms with van der Waals surface area (Å²) in [5.41, 5.74) is 12.5. The fraction of sp³-hybridized carbons (Fsp3) is 0.200. The van der Waals surface area contributed by atoms with E-state index in [-0.39, 0.29) is 0 Å². The summed E-state index contributed by atoms with van der Waals surface area (Å²) in [6.07, 6.45) is 15.9. The highest BCUT2D eigenvalue weighted by Gasteiger charge is 2.22. The minimum absolute atomic E-state index is 0.355. The van der Waals surface area contributed by atoms with Crippen LogP contribution < -0.4 is 9.80 Å². The van der Waals surface area contributed by atoms with Crippen molar-refractivity contribution in [2.75, 3.05) is 9.80 Å². The second-order valence-corrected chi connectivity index (χ2v) is 11.8. The van der Waals surface area contributed by atoms with Crippen LogP contribution in [0.4, 0.5) is 22.7 Å². The molecule has 2 unspecified atom stereocenters. The molecule has 0 radical (unpaired) electrons. The van der Waals surface area contributed by atoms with E-state index in [9.17, 15) is 0 Å². The predicted octanol–water partition coefficient (Wildman–Crippen LogP) is 11.0. The predicted molar refractivity (Wildman–Crippen MR) is 180 cm³/mol. The van der Waals surface area contributed by atoms with Gasteiger partial charge in [0.15, 0.2) is 0 Å². The van der Waals surface area contributed by atoms with Crippen molar-refractivity contribution in [2.45, 2.75) is 46.5 Å². The summed E-state index contributed by atoms with van der Waals surface area (Å²) in [5, 5.41) is 0. The number of hydrogen-bond donors (Lipinski definition) is 0. The van der Waals surface area contributed by atoms with Gasteiger partial charge in [0.25, 0.3) is 0 Å². The van der Waals surface area contributed by atoms with Crippen molar-refractivity contribution >= 4 is 22.7 Å². The van der Waals surface area contributed by atoms with Crippen molar-refractivity contribution in [3.05, 3.63) is 167 Å². The smallest absolute Gasteiger partial charge is 0.0464 e. The first-order valence-corrected chi connectivity index (χ1v) is 15.1. The van der Waals surface area contributed by atoms with Gasteiger partial charge in [-0.15, -0.1) is 0 Å². The minimum atomic E-state index is 0.355. The van der Waals surface area contributed by atoms with E-state index in [0.717, 1.165) is 12.8 Å². The van der Waals surface area contributed by atoms with Gasteiger partial charge in [0.1, 0.15) is 0 Å². The van der Waals surface area contributed by atoms with Crippen molar-refractivity contribution in [3.8, 4) is 0 Å². The molecule has 0 amide bonds. The summed E-state index contributed by atoms with van der Waals surface area (Å²) in [7, 11) is 0. The molecule has 2 heteroatoms. The molecule has 2 aliphatic rings. The molecule has 0 saturated carbocycles. The first kappa shape index (κ1) is 27.6. The molecule has 2 nitrogen and oxygen atoms in total. The molecule has 4 aromatic rings. The Bertz CT molecular complexity index is 1650. The molecule has 0 heterocycles. The van der Waals surface area contributed by atoms with Crippen LogP contribution in [0.5, 0.6) is 0 Å². The molecule has 0 aliphatic heterocycles. The van der Waals surface area contributed by atoms with Gasteiger partial charge in [-0.3, -0.25) is 0 Å². The van der Waals surface area contributed by atoms with Gasteiger partial charge in [-0.1, -0.05) is 90.9 Å². The Hall–Kier alpha value is -4.56. The SMILES string of the molecule is Cc1ccc(N(C2=CCC(c3ccc(N(c4ccc(C)cc4)c4cccc(C)c4)cc3)C=C2)C2=CC=CC(C)C2)cc1. The molecule has 0 bridgehead atoms. The highest BCUT2D eigenvalue weighted by Crippen LogP contribution is 2.38. The van der Waals surface area contributed by atoms with Crippen LogP contribution in [-0.2, 0) is 0 Å². The number of aryl methyl sites for hydroxylation is 3. The van der Waals surface area contributed by atoms with Gasteiger partial charge >= 0.3 is 0 Å². The van der Waals surface area contributed by atoms with E-state index in [1.54, 1.807) is 0 Å². The molecule has 42 heavy (non-hydrogen) atoms. The van der Waals surface area contributed by atoms with Crippen LogP contribution in [-0.4, -0.2) is 0 Å². The van der Waals surface area contributed by atoms with Crippen molar-refractivity contribution in [1.29, 1.82) is 0 Å². The lowest BCUT2D eigenvalue weighted by Crippen LogP contribution is -2.24. The fourth-order valence-corrected chi connectivity index (χ4v) is 5.96. The number of anilines is 4. The van der Waals surface area contributed by atoms with Gasteiger partial charge < -0.3 is 9.80 Å². The summed E-state index contributed by atoms with van der Waals surface area (Å²) in [4.78, 5) is 4.79. The summed E-state index contributed by atoms with van der Waals surface area (Å²) >= 11 is 0. The van der Waals surface area contributed by atoms with Crippen LogP contribution in [0.3, 0.4) is 0 Å².